The molecule has 0 aromatic heterocycles. The fourth-order valence-corrected chi connectivity index (χ4v) is 1.89. The summed E-state index contributed by atoms with van der Waals surface area (Å²) >= 11 is 0. The molecule has 0 aliphatic rings. The molecular weight excluding hydrogens is 196 g/mol. The highest BCUT2D eigenvalue weighted by Crippen LogP contribution is 2.26. The second-order valence-corrected chi connectivity index (χ2v) is 5.51. The molecule has 1 aromatic carbocycles. The lowest BCUT2D eigenvalue weighted by Gasteiger charge is -2.22. The Kier molecular flexibility index (Phi) is 4.11. The van der Waals surface area contributed by atoms with Crippen LogP contribution in [0.25, 0.3) is 0 Å². The Hall–Kier alpha value is -0.860. The fraction of sp³-hybridized carbons (Fsp3) is 0.571. The van der Waals surface area contributed by atoms with Gasteiger partial charge >= 0.3 is 0 Å². The molecule has 1 unspecified atom stereocenters. The predicted octanol–water partition coefficient (Wildman–Crippen LogP) is 2.64. The summed E-state index contributed by atoms with van der Waals surface area (Å²) in [6, 6.07) is 6.64. The van der Waals surface area contributed by atoms with Crippen molar-refractivity contribution in [1.82, 2.24) is 0 Å². The molecule has 1 rings (SSSR count). The molecule has 2 heteroatoms. The molecule has 90 valence electrons. The van der Waals surface area contributed by atoms with Gasteiger partial charge in [0.25, 0.3) is 0 Å². The molecule has 0 saturated heterocycles. The summed E-state index contributed by atoms with van der Waals surface area (Å²) in [5.41, 5.74) is 15.7. The van der Waals surface area contributed by atoms with E-state index >= 15 is 0 Å². The van der Waals surface area contributed by atoms with Crippen LogP contribution in [0.5, 0.6) is 0 Å². The van der Waals surface area contributed by atoms with Gasteiger partial charge in [0.05, 0.1) is 0 Å². The molecule has 0 aliphatic heterocycles. The minimum absolute atomic E-state index is 0.0685. The van der Waals surface area contributed by atoms with Gasteiger partial charge in [-0.3, -0.25) is 0 Å². The lowest BCUT2D eigenvalue weighted by molar-refractivity contribution is 0.587. The fourth-order valence-electron chi connectivity index (χ4n) is 1.89. The average Bonchev–Trinajstić information content (AvgIpc) is 2.16. The molecule has 0 radical (unpaired) electrons. The van der Waals surface area contributed by atoms with Gasteiger partial charge in [-0.05, 0) is 42.0 Å². The van der Waals surface area contributed by atoms with Crippen molar-refractivity contribution >= 4 is 0 Å². The SMILES string of the molecule is Cc1cc(C(C)(C)C)ccc1C(N)CCN. The summed E-state index contributed by atoms with van der Waals surface area (Å²) in [7, 11) is 0. The number of hydrogen-bond acceptors (Lipinski definition) is 2. The van der Waals surface area contributed by atoms with Crippen LogP contribution in [0.4, 0.5) is 0 Å². The molecule has 0 heterocycles. The first kappa shape index (κ1) is 13.2. The summed E-state index contributed by atoms with van der Waals surface area (Å²) < 4.78 is 0. The van der Waals surface area contributed by atoms with Gasteiger partial charge in [-0.2, -0.15) is 0 Å². The number of rotatable bonds is 3. The Morgan fingerprint density at radius 1 is 1.25 bits per heavy atom. The molecule has 0 fully saturated rings. The van der Waals surface area contributed by atoms with E-state index < -0.39 is 0 Å². The lowest BCUT2D eigenvalue weighted by atomic mass is 9.84. The monoisotopic (exact) mass is 220 g/mol. The first-order valence-corrected chi connectivity index (χ1v) is 5.93. The minimum Gasteiger partial charge on any atom is -0.330 e. The zero-order valence-electron chi connectivity index (χ0n) is 10.9. The smallest absolute Gasteiger partial charge is 0.0309 e. The third-order valence-corrected chi connectivity index (χ3v) is 3.01. The summed E-state index contributed by atoms with van der Waals surface area (Å²) in [4.78, 5) is 0. The van der Waals surface area contributed by atoms with E-state index in [0.29, 0.717) is 6.54 Å². The number of hydrogen-bond donors (Lipinski definition) is 2. The van der Waals surface area contributed by atoms with E-state index in [0.717, 1.165) is 6.42 Å². The van der Waals surface area contributed by atoms with Crippen LogP contribution >= 0.6 is 0 Å². The van der Waals surface area contributed by atoms with Crippen molar-refractivity contribution in [3.8, 4) is 0 Å². The van der Waals surface area contributed by atoms with Gasteiger partial charge in [0, 0.05) is 6.04 Å². The van der Waals surface area contributed by atoms with Crippen molar-refractivity contribution in [3.05, 3.63) is 34.9 Å². The third kappa shape index (κ3) is 3.06. The van der Waals surface area contributed by atoms with Gasteiger partial charge in [-0.25, -0.2) is 0 Å². The second kappa shape index (κ2) is 4.98. The number of aryl methyl sites for hydroxylation is 1. The molecular formula is C14H24N2. The van der Waals surface area contributed by atoms with Crippen molar-refractivity contribution < 1.29 is 0 Å². The van der Waals surface area contributed by atoms with Crippen LogP contribution in [0.15, 0.2) is 18.2 Å². The van der Waals surface area contributed by atoms with Gasteiger partial charge in [-0.15, -0.1) is 0 Å². The van der Waals surface area contributed by atoms with Gasteiger partial charge in [0.15, 0.2) is 0 Å². The van der Waals surface area contributed by atoms with Crippen molar-refractivity contribution in [3.63, 3.8) is 0 Å². The second-order valence-electron chi connectivity index (χ2n) is 5.51. The largest absolute Gasteiger partial charge is 0.330 e. The minimum atomic E-state index is 0.0685. The maximum atomic E-state index is 6.09. The Balaban J connectivity index is 3.00. The zero-order valence-corrected chi connectivity index (χ0v) is 10.9. The molecule has 1 aromatic rings. The van der Waals surface area contributed by atoms with Crippen molar-refractivity contribution in [1.29, 1.82) is 0 Å². The molecule has 1 atom stereocenters. The summed E-state index contributed by atoms with van der Waals surface area (Å²) in [5, 5.41) is 0. The normalized spacial score (nSPS) is 13.9. The summed E-state index contributed by atoms with van der Waals surface area (Å²) in [6.07, 6.45) is 0.843. The molecule has 0 saturated carbocycles. The predicted molar refractivity (Wildman–Crippen MR) is 70.5 cm³/mol. The van der Waals surface area contributed by atoms with Crippen LogP contribution < -0.4 is 11.5 Å². The average molecular weight is 220 g/mol. The van der Waals surface area contributed by atoms with Crippen LogP contribution in [0.1, 0.15) is 49.9 Å². The summed E-state index contributed by atoms with van der Waals surface area (Å²) in [5.74, 6) is 0. The molecule has 4 N–H and O–H groups in total. The highest BCUT2D eigenvalue weighted by atomic mass is 14.7. The lowest BCUT2D eigenvalue weighted by Crippen LogP contribution is -2.17. The highest BCUT2D eigenvalue weighted by molar-refractivity contribution is 5.36. The Bertz CT molecular complexity index is 350. The molecule has 0 amide bonds. The molecule has 0 bridgehead atoms. The zero-order chi connectivity index (χ0) is 12.3. The Morgan fingerprint density at radius 2 is 1.88 bits per heavy atom. The number of benzene rings is 1. The van der Waals surface area contributed by atoms with Gasteiger partial charge in [-0.1, -0.05) is 39.0 Å². The summed E-state index contributed by atoms with van der Waals surface area (Å²) in [6.45, 7) is 9.44. The Labute approximate surface area is 99.0 Å². The van der Waals surface area contributed by atoms with Crippen molar-refractivity contribution in [2.45, 2.75) is 45.6 Å². The molecule has 2 nitrogen and oxygen atoms in total. The van der Waals surface area contributed by atoms with E-state index in [1.54, 1.807) is 0 Å². The van der Waals surface area contributed by atoms with Crippen molar-refractivity contribution in [2.75, 3.05) is 6.54 Å². The van der Waals surface area contributed by atoms with Gasteiger partial charge in [0.2, 0.25) is 0 Å². The quantitative estimate of drug-likeness (QED) is 0.822. The number of nitrogens with two attached hydrogens (primary N) is 2. The van der Waals surface area contributed by atoms with Crippen LogP contribution in [0.3, 0.4) is 0 Å². The van der Waals surface area contributed by atoms with E-state index in [9.17, 15) is 0 Å². The van der Waals surface area contributed by atoms with Gasteiger partial charge < -0.3 is 11.5 Å². The van der Waals surface area contributed by atoms with Crippen LogP contribution in [0, 0.1) is 6.92 Å². The van der Waals surface area contributed by atoms with E-state index in [1.165, 1.54) is 16.7 Å². The molecule has 0 aliphatic carbocycles. The maximum Gasteiger partial charge on any atom is 0.0309 e. The topological polar surface area (TPSA) is 52.0 Å². The van der Waals surface area contributed by atoms with E-state index in [2.05, 4.69) is 45.9 Å². The maximum absolute atomic E-state index is 6.09. The van der Waals surface area contributed by atoms with Crippen molar-refractivity contribution in [2.24, 2.45) is 11.5 Å². The molecule has 16 heavy (non-hydrogen) atoms. The first-order chi connectivity index (χ1) is 7.36. The highest BCUT2D eigenvalue weighted by Gasteiger charge is 2.15. The van der Waals surface area contributed by atoms with E-state index in [4.69, 9.17) is 11.5 Å². The Morgan fingerprint density at radius 3 is 2.31 bits per heavy atom. The van der Waals surface area contributed by atoms with Crippen LogP contribution in [-0.2, 0) is 5.41 Å². The first-order valence-electron chi connectivity index (χ1n) is 5.93. The third-order valence-electron chi connectivity index (χ3n) is 3.01. The molecule has 0 spiro atoms. The van der Waals surface area contributed by atoms with Crippen LogP contribution in [0.2, 0.25) is 0 Å². The van der Waals surface area contributed by atoms with E-state index in [1.807, 2.05) is 0 Å². The van der Waals surface area contributed by atoms with Crippen LogP contribution in [-0.4, -0.2) is 6.54 Å². The van der Waals surface area contributed by atoms with Gasteiger partial charge in [0.1, 0.15) is 0 Å². The standard InChI is InChI=1S/C14H24N2/c1-10-9-11(14(2,3)4)5-6-12(10)13(16)7-8-15/h5-6,9,13H,7-8,15-16H2,1-4H3. The van der Waals surface area contributed by atoms with E-state index in [-0.39, 0.29) is 11.5 Å².